The standard InChI is InChI=1S/C10H13N3S/c1-14-7-3-6-13-10-9(8-11)4-2-5-12-10/h2,4-5H,3,6-7H2,1H3,(H,12,13). The molecule has 1 aromatic rings. The summed E-state index contributed by atoms with van der Waals surface area (Å²) in [6, 6.07) is 5.64. The molecule has 0 saturated carbocycles. The minimum Gasteiger partial charge on any atom is -0.369 e. The maximum atomic E-state index is 8.79. The van der Waals surface area contributed by atoms with Crippen molar-refractivity contribution < 1.29 is 0 Å². The highest BCUT2D eigenvalue weighted by Crippen LogP contribution is 2.09. The molecule has 0 spiro atoms. The van der Waals surface area contributed by atoms with Crippen LogP contribution in [-0.4, -0.2) is 23.5 Å². The van der Waals surface area contributed by atoms with Gasteiger partial charge >= 0.3 is 0 Å². The third-order valence-electron chi connectivity index (χ3n) is 1.75. The lowest BCUT2D eigenvalue weighted by Crippen LogP contribution is -2.05. The van der Waals surface area contributed by atoms with Gasteiger partial charge < -0.3 is 5.32 Å². The molecule has 0 fully saturated rings. The molecule has 14 heavy (non-hydrogen) atoms. The molecule has 0 radical (unpaired) electrons. The molecule has 0 aliphatic rings. The minimum absolute atomic E-state index is 0.608. The molecule has 0 amide bonds. The number of nitriles is 1. The van der Waals surface area contributed by atoms with Crippen LogP contribution in [0.5, 0.6) is 0 Å². The predicted octanol–water partition coefficient (Wildman–Crippen LogP) is 2.12. The van der Waals surface area contributed by atoms with Crippen LogP contribution < -0.4 is 5.32 Å². The molecule has 74 valence electrons. The number of hydrogen-bond acceptors (Lipinski definition) is 4. The summed E-state index contributed by atoms with van der Waals surface area (Å²) in [6.45, 7) is 0.868. The van der Waals surface area contributed by atoms with Crippen LogP contribution in [0.2, 0.25) is 0 Å². The van der Waals surface area contributed by atoms with Crippen LogP contribution in [0.15, 0.2) is 18.3 Å². The van der Waals surface area contributed by atoms with Crippen LogP contribution >= 0.6 is 11.8 Å². The summed E-state index contributed by atoms with van der Waals surface area (Å²) in [5, 5.41) is 11.9. The largest absolute Gasteiger partial charge is 0.369 e. The quantitative estimate of drug-likeness (QED) is 0.751. The van der Waals surface area contributed by atoms with Crippen LogP contribution in [0.4, 0.5) is 5.82 Å². The fourth-order valence-corrected chi connectivity index (χ4v) is 1.49. The second-order valence-corrected chi connectivity index (χ2v) is 3.77. The summed E-state index contributed by atoms with van der Waals surface area (Å²) in [7, 11) is 0. The lowest BCUT2D eigenvalue weighted by molar-refractivity contribution is 0.980. The summed E-state index contributed by atoms with van der Waals surface area (Å²) in [4.78, 5) is 4.11. The van der Waals surface area contributed by atoms with Crippen LogP contribution in [0, 0.1) is 11.3 Å². The first-order valence-electron chi connectivity index (χ1n) is 4.46. The zero-order chi connectivity index (χ0) is 10.2. The van der Waals surface area contributed by atoms with Gasteiger partial charge in [0, 0.05) is 12.7 Å². The first-order valence-corrected chi connectivity index (χ1v) is 5.86. The van der Waals surface area contributed by atoms with E-state index >= 15 is 0 Å². The SMILES string of the molecule is CSCCCNc1ncccc1C#N. The maximum absolute atomic E-state index is 8.79. The highest BCUT2D eigenvalue weighted by atomic mass is 32.2. The summed E-state index contributed by atoms with van der Waals surface area (Å²) in [5.41, 5.74) is 0.608. The normalized spacial score (nSPS) is 9.43. The molecule has 4 heteroatoms. The van der Waals surface area contributed by atoms with Crippen LogP contribution in [0.3, 0.4) is 0 Å². The van der Waals surface area contributed by atoms with E-state index in [0.717, 1.165) is 18.7 Å². The lowest BCUT2D eigenvalue weighted by Gasteiger charge is -2.05. The summed E-state index contributed by atoms with van der Waals surface area (Å²) < 4.78 is 0. The van der Waals surface area contributed by atoms with E-state index in [2.05, 4.69) is 22.6 Å². The molecule has 1 aromatic heterocycles. The highest BCUT2D eigenvalue weighted by Gasteiger charge is 1.99. The Labute approximate surface area is 88.5 Å². The van der Waals surface area contributed by atoms with E-state index in [1.165, 1.54) is 0 Å². The Morgan fingerprint density at radius 1 is 1.64 bits per heavy atom. The van der Waals surface area contributed by atoms with Crippen molar-refractivity contribution in [2.45, 2.75) is 6.42 Å². The number of rotatable bonds is 5. The van der Waals surface area contributed by atoms with Crippen LogP contribution in [0.25, 0.3) is 0 Å². The van der Waals surface area contributed by atoms with Gasteiger partial charge in [0.05, 0.1) is 5.56 Å². The Kier molecular flexibility index (Phi) is 4.87. The van der Waals surface area contributed by atoms with Gasteiger partial charge in [-0.3, -0.25) is 0 Å². The molecule has 1 rings (SSSR count). The molecule has 0 aliphatic carbocycles. The number of hydrogen-bond donors (Lipinski definition) is 1. The Morgan fingerprint density at radius 2 is 2.50 bits per heavy atom. The molecule has 0 unspecified atom stereocenters. The fraction of sp³-hybridized carbons (Fsp3) is 0.400. The van der Waals surface area contributed by atoms with Crippen molar-refractivity contribution in [1.82, 2.24) is 4.98 Å². The summed E-state index contributed by atoms with van der Waals surface area (Å²) >= 11 is 1.82. The molecule has 1 heterocycles. The van der Waals surface area contributed by atoms with E-state index in [-0.39, 0.29) is 0 Å². The number of aromatic nitrogens is 1. The summed E-state index contributed by atoms with van der Waals surface area (Å²) in [6.07, 6.45) is 4.86. The molecule has 0 saturated heterocycles. The minimum atomic E-state index is 0.608. The smallest absolute Gasteiger partial charge is 0.143 e. The Morgan fingerprint density at radius 3 is 3.21 bits per heavy atom. The number of nitrogens with zero attached hydrogens (tertiary/aromatic N) is 2. The van der Waals surface area contributed by atoms with Gasteiger partial charge in [-0.2, -0.15) is 17.0 Å². The van der Waals surface area contributed by atoms with E-state index in [4.69, 9.17) is 5.26 Å². The zero-order valence-electron chi connectivity index (χ0n) is 8.16. The Hall–Kier alpha value is -1.21. The molecular formula is C10H13N3S. The van der Waals surface area contributed by atoms with Crippen molar-refractivity contribution in [1.29, 1.82) is 5.26 Å². The van der Waals surface area contributed by atoms with Gasteiger partial charge in [0.25, 0.3) is 0 Å². The number of anilines is 1. The van der Waals surface area contributed by atoms with Gasteiger partial charge in [0.1, 0.15) is 11.9 Å². The van der Waals surface area contributed by atoms with Crippen molar-refractivity contribution >= 4 is 17.6 Å². The van der Waals surface area contributed by atoms with Gasteiger partial charge in [-0.15, -0.1) is 0 Å². The molecule has 3 nitrogen and oxygen atoms in total. The molecule has 0 aromatic carbocycles. The van der Waals surface area contributed by atoms with Crippen molar-refractivity contribution in [2.75, 3.05) is 23.9 Å². The monoisotopic (exact) mass is 207 g/mol. The lowest BCUT2D eigenvalue weighted by atomic mass is 10.3. The molecule has 0 bridgehead atoms. The maximum Gasteiger partial charge on any atom is 0.143 e. The van der Waals surface area contributed by atoms with Crippen LogP contribution in [-0.2, 0) is 0 Å². The van der Waals surface area contributed by atoms with Crippen molar-refractivity contribution in [3.63, 3.8) is 0 Å². The topological polar surface area (TPSA) is 48.7 Å². The average Bonchev–Trinajstić information content (AvgIpc) is 2.25. The Bertz CT molecular complexity index is 319. The van der Waals surface area contributed by atoms with E-state index in [1.54, 1.807) is 18.3 Å². The van der Waals surface area contributed by atoms with Crippen molar-refractivity contribution in [3.8, 4) is 6.07 Å². The van der Waals surface area contributed by atoms with E-state index in [9.17, 15) is 0 Å². The number of nitrogens with one attached hydrogen (secondary N) is 1. The predicted molar refractivity (Wildman–Crippen MR) is 60.4 cm³/mol. The van der Waals surface area contributed by atoms with Gasteiger partial charge in [-0.25, -0.2) is 4.98 Å². The molecular weight excluding hydrogens is 194 g/mol. The second-order valence-electron chi connectivity index (χ2n) is 2.78. The van der Waals surface area contributed by atoms with Gasteiger partial charge in [-0.05, 0) is 30.6 Å². The third kappa shape index (κ3) is 3.27. The summed E-state index contributed by atoms with van der Waals surface area (Å²) in [5.74, 6) is 1.82. The van der Waals surface area contributed by atoms with Gasteiger partial charge in [0.15, 0.2) is 0 Å². The van der Waals surface area contributed by atoms with Crippen molar-refractivity contribution in [2.24, 2.45) is 0 Å². The van der Waals surface area contributed by atoms with Gasteiger partial charge in [0.2, 0.25) is 0 Å². The van der Waals surface area contributed by atoms with E-state index < -0.39 is 0 Å². The molecule has 0 atom stereocenters. The number of pyridine rings is 1. The zero-order valence-corrected chi connectivity index (χ0v) is 8.97. The first-order chi connectivity index (χ1) is 6.88. The number of thioether (sulfide) groups is 1. The average molecular weight is 207 g/mol. The third-order valence-corrected chi connectivity index (χ3v) is 2.44. The van der Waals surface area contributed by atoms with Gasteiger partial charge in [-0.1, -0.05) is 0 Å². The Balaban J connectivity index is 2.46. The van der Waals surface area contributed by atoms with E-state index in [1.807, 2.05) is 11.8 Å². The highest BCUT2D eigenvalue weighted by molar-refractivity contribution is 7.98. The fourth-order valence-electron chi connectivity index (χ4n) is 1.06. The first kappa shape index (κ1) is 10.9. The van der Waals surface area contributed by atoms with E-state index in [0.29, 0.717) is 11.4 Å². The molecule has 1 N–H and O–H groups in total. The van der Waals surface area contributed by atoms with Crippen LogP contribution in [0.1, 0.15) is 12.0 Å². The molecule has 0 aliphatic heterocycles. The van der Waals surface area contributed by atoms with Crippen molar-refractivity contribution in [3.05, 3.63) is 23.9 Å². The second kappa shape index (κ2) is 6.28.